The van der Waals surface area contributed by atoms with E-state index in [9.17, 15) is 4.79 Å². The van der Waals surface area contributed by atoms with E-state index in [2.05, 4.69) is 50.2 Å². The number of aromatic amines is 2. The van der Waals surface area contributed by atoms with Crippen LogP contribution in [0.15, 0.2) is 42.5 Å². The minimum absolute atomic E-state index is 0.0574. The van der Waals surface area contributed by atoms with Gasteiger partial charge in [-0.1, -0.05) is 15.9 Å². The van der Waals surface area contributed by atoms with Gasteiger partial charge in [0.15, 0.2) is 5.78 Å². The highest BCUT2D eigenvalue weighted by Crippen LogP contribution is 2.20. The van der Waals surface area contributed by atoms with E-state index in [1.54, 1.807) is 0 Å². The van der Waals surface area contributed by atoms with E-state index in [1.165, 1.54) is 0 Å². The van der Waals surface area contributed by atoms with Crippen molar-refractivity contribution >= 4 is 43.8 Å². The fourth-order valence-corrected chi connectivity index (χ4v) is 4.11. The number of carbonyl (C=O) groups excluding carboxylic acids is 1. The first-order valence-electron chi connectivity index (χ1n) is 9.43. The number of halogens is 1. The summed E-state index contributed by atoms with van der Waals surface area (Å²) in [6.07, 6.45) is 3.59. The Morgan fingerprint density at radius 1 is 0.786 bits per heavy atom. The third kappa shape index (κ3) is 3.40. The molecule has 5 nitrogen and oxygen atoms in total. The summed E-state index contributed by atoms with van der Waals surface area (Å²) < 4.78 is 0. The number of carbonyl (C=O) groups is 1. The Labute approximate surface area is 170 Å². The van der Waals surface area contributed by atoms with Gasteiger partial charge in [0.1, 0.15) is 0 Å². The predicted octanol–water partition coefficient (Wildman–Crippen LogP) is 4.46. The number of Topliss-reactive ketones (excluding diaryl/α,β-unsaturated/α-hetero) is 1. The number of nitrogens with one attached hydrogen (secondary N) is 2. The van der Waals surface area contributed by atoms with Gasteiger partial charge in [0.05, 0.1) is 10.8 Å². The molecule has 3 aromatic heterocycles. The number of alkyl halides is 1. The topological polar surface area (TPSA) is 74.4 Å². The zero-order valence-corrected chi connectivity index (χ0v) is 16.8. The molecule has 0 atom stereocenters. The highest BCUT2D eigenvalue weighted by Gasteiger charge is 2.12. The van der Waals surface area contributed by atoms with Gasteiger partial charge in [-0.05, 0) is 68.1 Å². The summed E-state index contributed by atoms with van der Waals surface area (Å²) in [7, 11) is 0. The van der Waals surface area contributed by atoms with Crippen molar-refractivity contribution in [2.24, 2.45) is 0 Å². The quantitative estimate of drug-likeness (QED) is 0.461. The van der Waals surface area contributed by atoms with Crippen molar-refractivity contribution in [3.63, 3.8) is 0 Å². The van der Waals surface area contributed by atoms with Gasteiger partial charge in [-0.3, -0.25) is 14.8 Å². The molecule has 28 heavy (non-hydrogen) atoms. The second kappa shape index (κ2) is 7.02. The summed E-state index contributed by atoms with van der Waals surface area (Å²) >= 11 is 3.29. The van der Waals surface area contributed by atoms with Crippen molar-refractivity contribution in [3.8, 4) is 0 Å². The average molecular weight is 435 g/mol. The van der Waals surface area contributed by atoms with Crippen LogP contribution in [-0.4, -0.2) is 31.0 Å². The average Bonchev–Trinajstić information content (AvgIpc) is 3.45. The van der Waals surface area contributed by atoms with Gasteiger partial charge in [0.25, 0.3) is 0 Å². The third-order valence-electron chi connectivity index (χ3n) is 5.15. The van der Waals surface area contributed by atoms with E-state index in [4.69, 9.17) is 9.97 Å². The number of aryl methyl sites for hydroxylation is 4. The first-order valence-corrected chi connectivity index (χ1v) is 10.6. The predicted molar refractivity (Wildman–Crippen MR) is 114 cm³/mol. The summed E-state index contributed by atoms with van der Waals surface area (Å²) in [6, 6.07) is 14.3. The lowest BCUT2D eigenvalue weighted by molar-refractivity contribution is 0.102. The molecule has 0 fully saturated rings. The standard InChI is InChI=1S/C22H19BrN4O/c23-12-22(28)20-10-19-9-17-4-3-15(25-17)7-13-1-2-14(24-13)8-16-5-6-18(26-16)11-21(20)27-19/h1-2,7-11,24,27H,3-6,12H2. The van der Waals surface area contributed by atoms with Gasteiger partial charge in [-0.2, -0.15) is 0 Å². The van der Waals surface area contributed by atoms with Gasteiger partial charge >= 0.3 is 0 Å². The summed E-state index contributed by atoms with van der Waals surface area (Å²) in [5.74, 6) is 0.0574. The van der Waals surface area contributed by atoms with E-state index in [0.717, 1.165) is 70.5 Å². The normalized spacial score (nSPS) is 13.6. The molecule has 8 bridgehead atoms. The van der Waals surface area contributed by atoms with Crippen LogP contribution in [0, 0.1) is 0 Å². The number of rotatable bonds is 2. The molecule has 0 saturated heterocycles. The molecule has 0 spiro atoms. The molecule has 0 unspecified atom stereocenters. The molecule has 2 N–H and O–H groups in total. The van der Waals surface area contributed by atoms with Crippen LogP contribution in [0.3, 0.4) is 0 Å². The van der Waals surface area contributed by atoms with Crippen LogP contribution in [0.2, 0.25) is 0 Å². The summed E-state index contributed by atoms with van der Waals surface area (Å²) in [5, 5.41) is 0.297. The van der Waals surface area contributed by atoms with E-state index >= 15 is 0 Å². The molecule has 0 radical (unpaired) electrons. The number of ketones is 1. The van der Waals surface area contributed by atoms with Gasteiger partial charge in [-0.25, -0.2) is 0 Å². The van der Waals surface area contributed by atoms with Crippen LogP contribution in [0.25, 0.3) is 22.1 Å². The molecule has 6 heteroatoms. The molecular weight excluding hydrogens is 416 g/mol. The van der Waals surface area contributed by atoms with E-state index < -0.39 is 0 Å². The highest BCUT2D eigenvalue weighted by atomic mass is 79.9. The monoisotopic (exact) mass is 434 g/mol. The molecule has 0 amide bonds. The molecule has 5 heterocycles. The van der Waals surface area contributed by atoms with Gasteiger partial charge in [0.2, 0.25) is 0 Å². The van der Waals surface area contributed by atoms with Gasteiger partial charge in [-0.15, -0.1) is 0 Å². The van der Waals surface area contributed by atoms with Crippen LogP contribution in [0.1, 0.15) is 33.1 Å². The number of H-pyrrole nitrogens is 2. The van der Waals surface area contributed by atoms with Crippen LogP contribution in [0.4, 0.5) is 0 Å². The van der Waals surface area contributed by atoms with Crippen molar-refractivity contribution in [1.29, 1.82) is 0 Å². The SMILES string of the molecule is O=C(CBr)c1cc2cc3nc(cc4ccc(cc5nc(cc1[nH]2)CC5)[nH]4)CC3. The fraction of sp³-hybridized carbons (Fsp3) is 0.227. The van der Waals surface area contributed by atoms with Crippen LogP contribution in [0.5, 0.6) is 0 Å². The molecule has 140 valence electrons. The lowest BCUT2D eigenvalue weighted by atomic mass is 10.1. The zero-order chi connectivity index (χ0) is 19.1. The van der Waals surface area contributed by atoms with Crippen molar-refractivity contribution in [3.05, 3.63) is 70.8 Å². The summed E-state index contributed by atoms with van der Waals surface area (Å²) in [4.78, 5) is 28.7. The van der Waals surface area contributed by atoms with Crippen LogP contribution in [-0.2, 0) is 25.7 Å². The molecule has 0 aliphatic carbocycles. The van der Waals surface area contributed by atoms with Gasteiger partial charge in [0, 0.05) is 44.9 Å². The first-order chi connectivity index (χ1) is 13.7. The van der Waals surface area contributed by atoms with Crippen molar-refractivity contribution in [1.82, 2.24) is 19.9 Å². The fourth-order valence-electron chi connectivity index (χ4n) is 3.81. The maximum Gasteiger partial charge on any atom is 0.175 e. The van der Waals surface area contributed by atoms with Crippen LogP contribution < -0.4 is 0 Å². The molecule has 0 aromatic carbocycles. The van der Waals surface area contributed by atoms with E-state index in [-0.39, 0.29) is 5.78 Å². The van der Waals surface area contributed by atoms with Crippen LogP contribution >= 0.6 is 15.9 Å². The molecule has 2 aliphatic rings. The largest absolute Gasteiger partial charge is 0.355 e. The summed E-state index contributed by atoms with van der Waals surface area (Å²) in [5.41, 5.74) is 8.64. The Bertz CT molecular complexity index is 1240. The first kappa shape index (κ1) is 17.4. The molecule has 3 aromatic rings. The minimum Gasteiger partial charge on any atom is -0.355 e. The second-order valence-corrected chi connectivity index (χ2v) is 7.80. The Morgan fingerprint density at radius 3 is 1.89 bits per heavy atom. The number of aromatic nitrogens is 4. The zero-order valence-electron chi connectivity index (χ0n) is 15.3. The number of hydrogen-bond acceptors (Lipinski definition) is 3. The smallest absolute Gasteiger partial charge is 0.175 e. The maximum atomic E-state index is 12.4. The number of nitrogens with zero attached hydrogens (tertiary/aromatic N) is 2. The Balaban J connectivity index is 1.82. The molecule has 0 saturated carbocycles. The van der Waals surface area contributed by atoms with E-state index in [0.29, 0.717) is 10.9 Å². The van der Waals surface area contributed by atoms with Gasteiger partial charge < -0.3 is 9.97 Å². The highest BCUT2D eigenvalue weighted by molar-refractivity contribution is 9.09. The number of hydrogen-bond donors (Lipinski definition) is 2. The maximum absolute atomic E-state index is 12.4. The minimum atomic E-state index is 0.0574. The Hall–Kier alpha value is -2.73. The Morgan fingerprint density at radius 2 is 1.32 bits per heavy atom. The second-order valence-electron chi connectivity index (χ2n) is 7.24. The van der Waals surface area contributed by atoms with Crippen molar-refractivity contribution < 1.29 is 4.79 Å². The molecular formula is C22H19BrN4O. The van der Waals surface area contributed by atoms with Crippen molar-refractivity contribution in [2.75, 3.05) is 5.33 Å². The Kier molecular flexibility index (Phi) is 4.36. The van der Waals surface area contributed by atoms with Crippen molar-refractivity contribution in [2.45, 2.75) is 25.7 Å². The molecule has 2 aliphatic heterocycles. The lowest BCUT2D eigenvalue weighted by Gasteiger charge is -1.92. The summed E-state index contributed by atoms with van der Waals surface area (Å²) in [6.45, 7) is 0. The lowest BCUT2D eigenvalue weighted by Crippen LogP contribution is -1.98. The molecule has 5 rings (SSSR count). The third-order valence-corrected chi connectivity index (χ3v) is 5.66. The number of fused-ring (bicyclic) bond motifs is 8. The van der Waals surface area contributed by atoms with E-state index in [1.807, 2.05) is 18.2 Å².